The predicted molar refractivity (Wildman–Crippen MR) is 74.6 cm³/mol. The van der Waals surface area contributed by atoms with Crippen LogP contribution in [0, 0.1) is 6.92 Å². The third-order valence-corrected chi connectivity index (χ3v) is 3.32. The van der Waals surface area contributed by atoms with Gasteiger partial charge in [0.25, 0.3) is 5.56 Å². The van der Waals surface area contributed by atoms with Crippen molar-refractivity contribution in [2.75, 3.05) is 11.9 Å². The Kier molecular flexibility index (Phi) is 4.21. The quantitative estimate of drug-likeness (QED) is 0.815. The van der Waals surface area contributed by atoms with Crippen LogP contribution >= 0.6 is 11.6 Å². The maximum atomic E-state index is 11.6. The monoisotopic (exact) mass is 281 g/mol. The molecule has 0 fully saturated rings. The molecular weight excluding hydrogens is 266 g/mol. The molecule has 2 heterocycles. The van der Waals surface area contributed by atoms with Gasteiger partial charge < -0.3 is 5.32 Å². The molecule has 0 atom stereocenters. The Morgan fingerprint density at radius 1 is 1.47 bits per heavy atom. The zero-order valence-corrected chi connectivity index (χ0v) is 11.7. The van der Waals surface area contributed by atoms with Crippen molar-refractivity contribution >= 4 is 17.3 Å². The summed E-state index contributed by atoms with van der Waals surface area (Å²) in [5.74, 6) is 0. The van der Waals surface area contributed by atoms with E-state index in [4.69, 9.17) is 11.6 Å². The molecule has 0 aromatic carbocycles. The number of aromatic nitrogens is 4. The molecule has 7 heteroatoms. The standard InChI is InChI=1S/C12H16ClN5O/c1-8-9(6-15-17-8)4-3-5-14-10-7-16-18(2)12(19)11(10)13/h6-7,14H,3-5H2,1-2H3,(H,15,17). The van der Waals surface area contributed by atoms with Crippen molar-refractivity contribution in [1.29, 1.82) is 0 Å². The van der Waals surface area contributed by atoms with Gasteiger partial charge in [-0.05, 0) is 25.3 Å². The van der Waals surface area contributed by atoms with Crippen molar-refractivity contribution < 1.29 is 0 Å². The summed E-state index contributed by atoms with van der Waals surface area (Å²) < 4.78 is 1.21. The molecular formula is C12H16ClN5O. The first kappa shape index (κ1) is 13.6. The van der Waals surface area contributed by atoms with E-state index in [0.29, 0.717) is 5.69 Å². The summed E-state index contributed by atoms with van der Waals surface area (Å²) in [5, 5.41) is 14.1. The fourth-order valence-electron chi connectivity index (χ4n) is 1.76. The van der Waals surface area contributed by atoms with Gasteiger partial charge in [0, 0.05) is 19.3 Å². The molecule has 0 amide bonds. The predicted octanol–water partition coefficient (Wildman–Crippen LogP) is 1.51. The number of nitrogens with one attached hydrogen (secondary N) is 2. The lowest BCUT2D eigenvalue weighted by Crippen LogP contribution is -2.21. The summed E-state index contributed by atoms with van der Waals surface area (Å²) in [5.41, 5.74) is 2.58. The molecule has 2 rings (SSSR count). The maximum absolute atomic E-state index is 11.6. The molecule has 0 saturated heterocycles. The van der Waals surface area contributed by atoms with Crippen LogP contribution in [0.15, 0.2) is 17.2 Å². The Bertz CT molecular complexity index is 619. The Balaban J connectivity index is 1.88. The molecule has 0 aliphatic carbocycles. The number of hydrogen-bond acceptors (Lipinski definition) is 4. The van der Waals surface area contributed by atoms with Crippen LogP contribution in [0.5, 0.6) is 0 Å². The molecule has 0 spiro atoms. The molecule has 0 unspecified atom stereocenters. The zero-order chi connectivity index (χ0) is 13.8. The SMILES string of the molecule is Cc1[nH]ncc1CCCNc1cnn(C)c(=O)c1Cl. The van der Waals surface area contributed by atoms with E-state index in [2.05, 4.69) is 20.6 Å². The molecule has 0 radical (unpaired) electrons. The van der Waals surface area contributed by atoms with Gasteiger partial charge in [-0.25, -0.2) is 4.68 Å². The van der Waals surface area contributed by atoms with E-state index in [9.17, 15) is 4.79 Å². The third-order valence-electron chi connectivity index (χ3n) is 2.95. The van der Waals surface area contributed by atoms with Crippen molar-refractivity contribution in [2.24, 2.45) is 7.05 Å². The second kappa shape index (κ2) is 5.88. The zero-order valence-electron chi connectivity index (χ0n) is 10.9. The number of rotatable bonds is 5. The smallest absolute Gasteiger partial charge is 0.287 e. The lowest BCUT2D eigenvalue weighted by Gasteiger charge is -2.08. The second-order valence-electron chi connectivity index (χ2n) is 4.35. The minimum absolute atomic E-state index is 0.178. The van der Waals surface area contributed by atoms with Crippen LogP contribution in [0.25, 0.3) is 0 Å². The number of hydrogen-bond donors (Lipinski definition) is 2. The summed E-state index contributed by atoms with van der Waals surface area (Å²) in [7, 11) is 1.57. The number of nitrogens with zero attached hydrogens (tertiary/aromatic N) is 3. The highest BCUT2D eigenvalue weighted by Gasteiger charge is 2.06. The lowest BCUT2D eigenvalue weighted by atomic mass is 10.1. The van der Waals surface area contributed by atoms with Gasteiger partial charge in [-0.2, -0.15) is 10.2 Å². The van der Waals surface area contributed by atoms with Gasteiger partial charge >= 0.3 is 0 Å². The van der Waals surface area contributed by atoms with Crippen molar-refractivity contribution in [3.05, 3.63) is 39.0 Å². The van der Waals surface area contributed by atoms with Gasteiger partial charge in [0.05, 0.1) is 18.1 Å². The van der Waals surface area contributed by atoms with E-state index >= 15 is 0 Å². The molecule has 0 saturated carbocycles. The molecule has 0 bridgehead atoms. The van der Waals surface area contributed by atoms with E-state index in [1.165, 1.54) is 10.2 Å². The average molecular weight is 282 g/mol. The average Bonchev–Trinajstić information content (AvgIpc) is 2.80. The topological polar surface area (TPSA) is 75.6 Å². The van der Waals surface area contributed by atoms with Crippen LogP contribution in [0.4, 0.5) is 5.69 Å². The summed E-state index contributed by atoms with van der Waals surface area (Å²) >= 11 is 5.95. The van der Waals surface area contributed by atoms with Crippen LogP contribution < -0.4 is 10.9 Å². The Labute approximate surface area is 115 Å². The first-order valence-electron chi connectivity index (χ1n) is 6.04. The van der Waals surface area contributed by atoms with Crippen LogP contribution in [0.3, 0.4) is 0 Å². The molecule has 0 aliphatic heterocycles. The van der Waals surface area contributed by atoms with Crippen LogP contribution in [-0.2, 0) is 13.5 Å². The molecule has 102 valence electrons. The minimum atomic E-state index is -0.294. The molecule has 0 aliphatic rings. The Morgan fingerprint density at radius 2 is 2.26 bits per heavy atom. The second-order valence-corrected chi connectivity index (χ2v) is 4.73. The van der Waals surface area contributed by atoms with E-state index in [1.807, 2.05) is 13.1 Å². The lowest BCUT2D eigenvalue weighted by molar-refractivity contribution is 0.707. The highest BCUT2D eigenvalue weighted by Crippen LogP contribution is 2.15. The number of H-pyrrole nitrogens is 1. The molecule has 2 aromatic heterocycles. The van der Waals surface area contributed by atoms with Crippen molar-refractivity contribution in [3.8, 4) is 0 Å². The van der Waals surface area contributed by atoms with E-state index in [0.717, 1.165) is 25.1 Å². The van der Waals surface area contributed by atoms with Crippen LogP contribution in [0.2, 0.25) is 5.02 Å². The number of aromatic amines is 1. The molecule has 2 N–H and O–H groups in total. The third kappa shape index (κ3) is 3.14. The highest BCUT2D eigenvalue weighted by atomic mass is 35.5. The fourth-order valence-corrected chi connectivity index (χ4v) is 2.00. The summed E-state index contributed by atoms with van der Waals surface area (Å²) in [6.07, 6.45) is 5.24. The van der Waals surface area contributed by atoms with E-state index in [-0.39, 0.29) is 10.6 Å². The highest BCUT2D eigenvalue weighted by molar-refractivity contribution is 6.32. The number of halogens is 1. The van der Waals surface area contributed by atoms with Gasteiger partial charge in [0.15, 0.2) is 0 Å². The van der Waals surface area contributed by atoms with Crippen LogP contribution in [0.1, 0.15) is 17.7 Å². The molecule has 19 heavy (non-hydrogen) atoms. The van der Waals surface area contributed by atoms with Gasteiger partial charge in [-0.1, -0.05) is 11.6 Å². The van der Waals surface area contributed by atoms with E-state index < -0.39 is 0 Å². The summed E-state index contributed by atoms with van der Waals surface area (Å²) in [4.78, 5) is 11.6. The van der Waals surface area contributed by atoms with Gasteiger partial charge in [0.2, 0.25) is 0 Å². The fraction of sp³-hybridized carbons (Fsp3) is 0.417. The van der Waals surface area contributed by atoms with Crippen molar-refractivity contribution in [2.45, 2.75) is 19.8 Å². The Morgan fingerprint density at radius 3 is 2.95 bits per heavy atom. The van der Waals surface area contributed by atoms with Crippen molar-refractivity contribution in [3.63, 3.8) is 0 Å². The molecule has 6 nitrogen and oxygen atoms in total. The number of aryl methyl sites for hydroxylation is 3. The maximum Gasteiger partial charge on any atom is 0.287 e. The number of anilines is 1. The first-order chi connectivity index (χ1) is 9.09. The largest absolute Gasteiger partial charge is 0.382 e. The Hall–Kier alpha value is -1.82. The van der Waals surface area contributed by atoms with Crippen molar-refractivity contribution in [1.82, 2.24) is 20.0 Å². The summed E-state index contributed by atoms with van der Waals surface area (Å²) in [6, 6.07) is 0. The van der Waals surface area contributed by atoms with Gasteiger partial charge in [0.1, 0.15) is 5.02 Å². The first-order valence-corrected chi connectivity index (χ1v) is 6.42. The van der Waals surface area contributed by atoms with Gasteiger partial charge in [-0.15, -0.1) is 0 Å². The summed E-state index contributed by atoms with van der Waals surface area (Å²) in [6.45, 7) is 2.72. The van der Waals surface area contributed by atoms with E-state index in [1.54, 1.807) is 13.2 Å². The normalized spacial score (nSPS) is 10.7. The molecule has 2 aromatic rings. The van der Waals surface area contributed by atoms with Gasteiger partial charge in [-0.3, -0.25) is 9.89 Å². The minimum Gasteiger partial charge on any atom is -0.382 e. The van der Waals surface area contributed by atoms with Crippen LogP contribution in [-0.4, -0.2) is 26.5 Å².